The molecule has 2 aromatic carbocycles. The number of likely N-dealkylation sites (tertiary alicyclic amines) is 1. The van der Waals surface area contributed by atoms with E-state index in [2.05, 4.69) is 22.0 Å². The molecule has 0 radical (unpaired) electrons. The fraction of sp³-hybridized carbons (Fsp3) is 0.421. The molecule has 4 nitrogen and oxygen atoms in total. The summed E-state index contributed by atoms with van der Waals surface area (Å²) in [5.74, 6) is 1.86. The van der Waals surface area contributed by atoms with Crippen LogP contribution in [0, 0.1) is 11.8 Å². The summed E-state index contributed by atoms with van der Waals surface area (Å²) in [6.07, 6.45) is 2.25. The Hall–Kier alpha value is -1.59. The van der Waals surface area contributed by atoms with Crippen molar-refractivity contribution in [3.8, 4) is 5.75 Å². The fourth-order valence-corrected chi connectivity index (χ4v) is 4.41. The number of amides is 1. The van der Waals surface area contributed by atoms with Crippen LogP contribution in [-0.2, 0) is 4.79 Å². The predicted octanol–water partition coefficient (Wildman–Crippen LogP) is 3.18. The molecule has 0 aromatic heterocycles. The van der Waals surface area contributed by atoms with Gasteiger partial charge in [-0.2, -0.15) is 0 Å². The highest BCUT2D eigenvalue weighted by Gasteiger charge is 2.42. The lowest BCUT2D eigenvalue weighted by Crippen LogP contribution is -2.36. The Balaban J connectivity index is 1.38. The maximum Gasteiger partial charge on any atom is 0.260 e. The lowest BCUT2D eigenvalue weighted by atomic mass is 9.98. The molecule has 1 aliphatic heterocycles. The zero-order valence-corrected chi connectivity index (χ0v) is 15.0. The Kier molecular flexibility index (Phi) is 4.22. The third kappa shape index (κ3) is 3.03. The average molecular weight is 389 g/mol. The van der Waals surface area contributed by atoms with E-state index < -0.39 is 0 Å². The summed E-state index contributed by atoms with van der Waals surface area (Å²) in [4.78, 5) is 14.3. The first-order chi connectivity index (χ1) is 11.6. The van der Waals surface area contributed by atoms with Crippen LogP contribution in [0.3, 0.4) is 0 Å². The molecule has 126 valence electrons. The summed E-state index contributed by atoms with van der Waals surface area (Å²) in [6, 6.07) is 12.3. The number of fused-ring (bicyclic) bond motifs is 2. The van der Waals surface area contributed by atoms with Crippen LogP contribution in [-0.4, -0.2) is 36.5 Å². The Bertz CT molecular complexity index is 779. The van der Waals surface area contributed by atoms with Gasteiger partial charge in [0.1, 0.15) is 5.75 Å². The van der Waals surface area contributed by atoms with Crippen LogP contribution in [0.4, 0.5) is 0 Å². The van der Waals surface area contributed by atoms with Gasteiger partial charge in [0.15, 0.2) is 6.61 Å². The van der Waals surface area contributed by atoms with Crippen LogP contribution in [0.5, 0.6) is 5.75 Å². The van der Waals surface area contributed by atoms with Gasteiger partial charge in [-0.05, 0) is 59.7 Å². The molecule has 0 bridgehead atoms. The number of nitrogens with two attached hydrogens (primary N) is 1. The number of carbonyl (C=O) groups is 1. The number of nitrogens with zero attached hydrogens (tertiary/aromatic N) is 1. The van der Waals surface area contributed by atoms with Gasteiger partial charge >= 0.3 is 0 Å². The molecule has 2 aromatic rings. The van der Waals surface area contributed by atoms with Gasteiger partial charge in [-0.3, -0.25) is 4.79 Å². The van der Waals surface area contributed by atoms with Crippen molar-refractivity contribution in [1.82, 2.24) is 4.90 Å². The molecule has 2 N–H and O–H groups in total. The van der Waals surface area contributed by atoms with E-state index in [1.54, 1.807) is 0 Å². The number of hydrogen-bond donors (Lipinski definition) is 1. The number of carbonyl (C=O) groups excluding carboxylic acids is 1. The molecule has 3 atom stereocenters. The number of ether oxygens (including phenoxy) is 1. The van der Waals surface area contributed by atoms with E-state index in [1.807, 2.05) is 35.2 Å². The van der Waals surface area contributed by atoms with Crippen molar-refractivity contribution in [1.29, 1.82) is 0 Å². The van der Waals surface area contributed by atoms with Gasteiger partial charge in [0, 0.05) is 23.6 Å². The van der Waals surface area contributed by atoms with Crippen molar-refractivity contribution in [2.75, 3.05) is 19.7 Å². The highest BCUT2D eigenvalue weighted by molar-refractivity contribution is 9.10. The van der Waals surface area contributed by atoms with E-state index in [0.717, 1.165) is 46.9 Å². The molecule has 2 aliphatic rings. The lowest BCUT2D eigenvalue weighted by Gasteiger charge is -2.19. The van der Waals surface area contributed by atoms with E-state index in [4.69, 9.17) is 10.5 Å². The van der Waals surface area contributed by atoms with Crippen LogP contribution in [0.1, 0.15) is 12.8 Å². The quantitative estimate of drug-likeness (QED) is 0.878. The zero-order chi connectivity index (χ0) is 16.7. The summed E-state index contributed by atoms with van der Waals surface area (Å²) >= 11 is 3.47. The average Bonchev–Trinajstić information content (AvgIpc) is 3.15. The van der Waals surface area contributed by atoms with E-state index in [-0.39, 0.29) is 18.6 Å². The Labute approximate surface area is 150 Å². The normalized spacial score (nSPS) is 25.9. The molecule has 3 unspecified atom stereocenters. The van der Waals surface area contributed by atoms with Crippen molar-refractivity contribution < 1.29 is 9.53 Å². The van der Waals surface area contributed by atoms with E-state index in [0.29, 0.717) is 11.8 Å². The minimum absolute atomic E-state index is 0.0625. The molecule has 2 fully saturated rings. The molecule has 1 amide bonds. The summed E-state index contributed by atoms with van der Waals surface area (Å²) in [6.45, 7) is 1.72. The number of hydrogen-bond acceptors (Lipinski definition) is 3. The standard InChI is InChI=1S/C19H21BrN2O2/c20-15-4-1-13-8-16(5-2-12(13)7-15)24-11-19(23)22-9-14-3-6-18(21)17(14)10-22/h1-2,4-5,7-8,14,17-18H,3,6,9-11,21H2. The molecule has 0 spiro atoms. The van der Waals surface area contributed by atoms with Crippen molar-refractivity contribution >= 4 is 32.6 Å². The third-order valence-electron chi connectivity index (χ3n) is 5.40. The molecule has 1 saturated carbocycles. The van der Waals surface area contributed by atoms with Crippen LogP contribution >= 0.6 is 15.9 Å². The maximum absolute atomic E-state index is 12.4. The Morgan fingerprint density at radius 3 is 2.79 bits per heavy atom. The van der Waals surface area contributed by atoms with Gasteiger partial charge in [-0.1, -0.05) is 28.1 Å². The summed E-state index contributed by atoms with van der Waals surface area (Å²) < 4.78 is 6.79. The number of rotatable bonds is 3. The molecular formula is C19H21BrN2O2. The van der Waals surface area contributed by atoms with Gasteiger partial charge in [0.25, 0.3) is 5.91 Å². The Morgan fingerprint density at radius 2 is 1.96 bits per heavy atom. The SMILES string of the molecule is NC1CCC2CN(C(=O)COc3ccc4cc(Br)ccc4c3)CC12. The molecule has 5 heteroatoms. The van der Waals surface area contributed by atoms with Crippen LogP contribution in [0.2, 0.25) is 0 Å². The van der Waals surface area contributed by atoms with Gasteiger partial charge in [0.2, 0.25) is 0 Å². The summed E-state index contributed by atoms with van der Waals surface area (Å²) in [7, 11) is 0. The molecule has 1 aliphatic carbocycles. The zero-order valence-electron chi connectivity index (χ0n) is 13.5. The van der Waals surface area contributed by atoms with E-state index in [9.17, 15) is 4.79 Å². The van der Waals surface area contributed by atoms with Crippen molar-refractivity contribution in [3.05, 3.63) is 40.9 Å². The summed E-state index contributed by atoms with van der Waals surface area (Å²) in [5, 5.41) is 2.24. The molecule has 24 heavy (non-hydrogen) atoms. The monoisotopic (exact) mass is 388 g/mol. The molecule has 4 rings (SSSR count). The van der Waals surface area contributed by atoms with E-state index >= 15 is 0 Å². The highest BCUT2D eigenvalue weighted by Crippen LogP contribution is 2.37. The van der Waals surface area contributed by atoms with Gasteiger partial charge < -0.3 is 15.4 Å². The molecule has 1 saturated heterocycles. The van der Waals surface area contributed by atoms with Gasteiger partial charge in [-0.25, -0.2) is 0 Å². The lowest BCUT2D eigenvalue weighted by molar-refractivity contribution is -0.132. The maximum atomic E-state index is 12.4. The van der Waals surface area contributed by atoms with Crippen LogP contribution < -0.4 is 10.5 Å². The number of halogens is 1. The van der Waals surface area contributed by atoms with Crippen LogP contribution in [0.15, 0.2) is 40.9 Å². The second kappa shape index (κ2) is 6.37. The fourth-order valence-electron chi connectivity index (χ4n) is 4.03. The summed E-state index contributed by atoms with van der Waals surface area (Å²) in [5.41, 5.74) is 6.14. The minimum atomic E-state index is 0.0625. The first-order valence-electron chi connectivity index (χ1n) is 8.45. The molecule has 1 heterocycles. The second-order valence-corrected chi connectivity index (χ2v) is 7.82. The van der Waals surface area contributed by atoms with E-state index in [1.165, 1.54) is 0 Å². The third-order valence-corrected chi connectivity index (χ3v) is 5.89. The van der Waals surface area contributed by atoms with Gasteiger partial charge in [-0.15, -0.1) is 0 Å². The first kappa shape index (κ1) is 15.9. The second-order valence-electron chi connectivity index (χ2n) is 6.91. The van der Waals surface area contributed by atoms with Gasteiger partial charge in [0.05, 0.1) is 0 Å². The number of benzene rings is 2. The predicted molar refractivity (Wildman–Crippen MR) is 97.9 cm³/mol. The highest BCUT2D eigenvalue weighted by atomic mass is 79.9. The molecular weight excluding hydrogens is 368 g/mol. The Morgan fingerprint density at radius 1 is 1.17 bits per heavy atom. The topological polar surface area (TPSA) is 55.6 Å². The first-order valence-corrected chi connectivity index (χ1v) is 9.25. The smallest absolute Gasteiger partial charge is 0.260 e. The largest absolute Gasteiger partial charge is 0.484 e. The minimum Gasteiger partial charge on any atom is -0.484 e. The van der Waals surface area contributed by atoms with Crippen molar-refractivity contribution in [2.45, 2.75) is 18.9 Å². The van der Waals surface area contributed by atoms with Crippen LogP contribution in [0.25, 0.3) is 10.8 Å². The van der Waals surface area contributed by atoms with Crippen molar-refractivity contribution in [3.63, 3.8) is 0 Å². The van der Waals surface area contributed by atoms with Crippen molar-refractivity contribution in [2.24, 2.45) is 17.6 Å².